The Morgan fingerprint density at radius 3 is 2.95 bits per heavy atom. The average molecular weight is 270 g/mol. The summed E-state index contributed by atoms with van der Waals surface area (Å²) >= 11 is 0. The maximum Gasteiger partial charge on any atom is 0.308 e. The highest BCUT2D eigenvalue weighted by molar-refractivity contribution is 5.80. The predicted molar refractivity (Wildman–Crippen MR) is 78.5 cm³/mol. The lowest BCUT2D eigenvalue weighted by molar-refractivity contribution is -0.145. The first-order valence-electron chi connectivity index (χ1n) is 6.96. The summed E-state index contributed by atoms with van der Waals surface area (Å²) in [7, 11) is 1.45. The van der Waals surface area contributed by atoms with Crippen molar-refractivity contribution in [2.75, 3.05) is 12.4 Å². The van der Waals surface area contributed by atoms with Gasteiger partial charge in [0.2, 0.25) is 0 Å². The molecule has 0 unspecified atom stereocenters. The molecule has 104 valence electrons. The van der Waals surface area contributed by atoms with Gasteiger partial charge < -0.3 is 10.1 Å². The third kappa shape index (κ3) is 2.59. The number of fused-ring (bicyclic) bond motifs is 1. The molecule has 0 aliphatic heterocycles. The fourth-order valence-corrected chi connectivity index (χ4v) is 2.85. The van der Waals surface area contributed by atoms with Crippen molar-refractivity contribution in [3.8, 4) is 0 Å². The lowest BCUT2D eigenvalue weighted by Crippen LogP contribution is -2.19. The molecular formula is C16H18N2O2. The predicted octanol–water partition coefficient (Wildman–Crippen LogP) is 2.99. The molecule has 0 amide bonds. The number of hydrogen-bond donors (Lipinski definition) is 1. The van der Waals surface area contributed by atoms with Gasteiger partial charge in [-0.3, -0.25) is 4.79 Å². The first-order chi connectivity index (χ1) is 9.76. The van der Waals surface area contributed by atoms with E-state index in [2.05, 4.69) is 22.4 Å². The van der Waals surface area contributed by atoms with Crippen LogP contribution in [0.5, 0.6) is 0 Å². The van der Waals surface area contributed by atoms with Gasteiger partial charge in [0.25, 0.3) is 0 Å². The van der Waals surface area contributed by atoms with Crippen molar-refractivity contribution in [2.24, 2.45) is 5.92 Å². The molecule has 0 bridgehead atoms. The van der Waals surface area contributed by atoms with Crippen molar-refractivity contribution in [2.45, 2.75) is 25.3 Å². The summed E-state index contributed by atoms with van der Waals surface area (Å²) in [6.45, 7) is 0. The third-order valence-electron chi connectivity index (χ3n) is 3.92. The number of benzene rings is 1. The molecule has 1 N–H and O–H groups in total. The molecule has 4 heteroatoms. The highest BCUT2D eigenvalue weighted by Crippen LogP contribution is 2.29. The number of pyridine rings is 1. The molecule has 3 rings (SSSR count). The van der Waals surface area contributed by atoms with Crippen LogP contribution in [0.3, 0.4) is 0 Å². The molecule has 1 aliphatic rings. The second-order valence-electron chi connectivity index (χ2n) is 5.26. The van der Waals surface area contributed by atoms with Crippen molar-refractivity contribution in [1.29, 1.82) is 0 Å². The summed E-state index contributed by atoms with van der Waals surface area (Å²) in [5, 5.41) is 4.56. The zero-order valence-corrected chi connectivity index (χ0v) is 11.5. The number of carbonyl (C=O) groups excluding carboxylic acids is 1. The molecule has 1 fully saturated rings. The van der Waals surface area contributed by atoms with E-state index in [4.69, 9.17) is 4.74 Å². The van der Waals surface area contributed by atoms with E-state index >= 15 is 0 Å². The molecule has 0 saturated heterocycles. The van der Waals surface area contributed by atoms with Crippen LogP contribution < -0.4 is 5.32 Å². The molecule has 1 aliphatic carbocycles. The molecule has 1 saturated carbocycles. The van der Waals surface area contributed by atoms with Gasteiger partial charge in [-0.2, -0.15) is 0 Å². The molecule has 1 aromatic carbocycles. The zero-order valence-electron chi connectivity index (χ0n) is 11.5. The van der Waals surface area contributed by atoms with Gasteiger partial charge in [-0.05, 0) is 37.5 Å². The number of carbonyl (C=O) groups is 1. The van der Waals surface area contributed by atoms with Gasteiger partial charge in [-0.15, -0.1) is 0 Å². The van der Waals surface area contributed by atoms with Crippen LogP contribution in [0, 0.1) is 5.92 Å². The van der Waals surface area contributed by atoms with Gasteiger partial charge >= 0.3 is 5.97 Å². The van der Waals surface area contributed by atoms with Crippen LogP contribution >= 0.6 is 0 Å². The Morgan fingerprint density at radius 1 is 1.25 bits per heavy atom. The SMILES string of the molecule is COC(=O)[C@H]1CC[C@@H](Nc2ccc3ccccc3n2)C1. The Bertz CT molecular complexity index is 627. The Kier molecular flexibility index (Phi) is 3.54. The average Bonchev–Trinajstić information content (AvgIpc) is 2.95. The van der Waals surface area contributed by atoms with E-state index in [0.717, 1.165) is 36.0 Å². The van der Waals surface area contributed by atoms with Crippen molar-refractivity contribution < 1.29 is 9.53 Å². The van der Waals surface area contributed by atoms with Gasteiger partial charge in [0.15, 0.2) is 0 Å². The standard InChI is InChI=1S/C16H18N2O2/c1-20-16(19)12-6-8-13(10-12)17-15-9-7-11-4-2-3-5-14(11)18-15/h2-5,7,9,12-13H,6,8,10H2,1H3,(H,17,18)/t12-,13+/m0/s1. The van der Waals surface area contributed by atoms with Crippen molar-refractivity contribution in [1.82, 2.24) is 4.98 Å². The van der Waals surface area contributed by atoms with Gasteiger partial charge in [0.1, 0.15) is 5.82 Å². The van der Waals surface area contributed by atoms with Gasteiger partial charge in [-0.25, -0.2) is 4.98 Å². The smallest absolute Gasteiger partial charge is 0.308 e. The molecular weight excluding hydrogens is 252 g/mol. The number of anilines is 1. The molecule has 20 heavy (non-hydrogen) atoms. The minimum absolute atomic E-state index is 0.0259. The lowest BCUT2D eigenvalue weighted by Gasteiger charge is -2.13. The van der Waals surface area contributed by atoms with Crippen LogP contribution in [0.15, 0.2) is 36.4 Å². The second kappa shape index (κ2) is 5.49. The lowest BCUT2D eigenvalue weighted by atomic mass is 10.1. The fourth-order valence-electron chi connectivity index (χ4n) is 2.85. The van der Waals surface area contributed by atoms with Crippen molar-refractivity contribution in [3.05, 3.63) is 36.4 Å². The first-order valence-corrected chi connectivity index (χ1v) is 6.96. The first kappa shape index (κ1) is 12.9. The van der Waals surface area contributed by atoms with E-state index in [0.29, 0.717) is 6.04 Å². The molecule has 0 radical (unpaired) electrons. The second-order valence-corrected chi connectivity index (χ2v) is 5.26. The summed E-state index contributed by atoms with van der Waals surface area (Å²) in [6, 6.07) is 12.4. The maximum atomic E-state index is 11.5. The molecule has 2 atom stereocenters. The molecule has 1 aromatic heterocycles. The van der Waals surface area contributed by atoms with E-state index in [9.17, 15) is 4.79 Å². The normalized spacial score (nSPS) is 21.9. The summed E-state index contributed by atoms with van der Waals surface area (Å²) in [4.78, 5) is 16.1. The number of aromatic nitrogens is 1. The highest BCUT2D eigenvalue weighted by atomic mass is 16.5. The van der Waals surface area contributed by atoms with E-state index in [1.54, 1.807) is 0 Å². The summed E-state index contributed by atoms with van der Waals surface area (Å²) in [5.41, 5.74) is 0.986. The van der Waals surface area contributed by atoms with E-state index in [1.807, 2.05) is 24.3 Å². The van der Waals surface area contributed by atoms with Gasteiger partial charge in [-0.1, -0.05) is 18.2 Å². The van der Waals surface area contributed by atoms with Crippen LogP contribution in [0.25, 0.3) is 10.9 Å². The number of methoxy groups -OCH3 is 1. The van der Waals surface area contributed by atoms with E-state index < -0.39 is 0 Å². The monoisotopic (exact) mass is 270 g/mol. The molecule has 4 nitrogen and oxygen atoms in total. The fraction of sp³-hybridized carbons (Fsp3) is 0.375. The number of hydrogen-bond acceptors (Lipinski definition) is 4. The molecule has 0 spiro atoms. The minimum Gasteiger partial charge on any atom is -0.469 e. The van der Waals surface area contributed by atoms with E-state index in [-0.39, 0.29) is 11.9 Å². The van der Waals surface area contributed by atoms with Crippen molar-refractivity contribution in [3.63, 3.8) is 0 Å². The molecule has 1 heterocycles. The number of nitrogens with zero attached hydrogens (tertiary/aromatic N) is 1. The van der Waals surface area contributed by atoms with E-state index in [1.165, 1.54) is 7.11 Å². The quantitative estimate of drug-likeness (QED) is 0.871. The van der Waals surface area contributed by atoms with Crippen LogP contribution in [-0.2, 0) is 9.53 Å². The number of para-hydroxylation sites is 1. The minimum atomic E-state index is -0.0965. The van der Waals surface area contributed by atoms with Gasteiger partial charge in [0.05, 0.1) is 18.5 Å². The summed E-state index contributed by atoms with van der Waals surface area (Å²) in [6.07, 6.45) is 2.69. The Hall–Kier alpha value is -2.10. The number of ether oxygens (including phenoxy) is 1. The Morgan fingerprint density at radius 2 is 2.10 bits per heavy atom. The maximum absolute atomic E-state index is 11.5. The van der Waals surface area contributed by atoms with Crippen LogP contribution in [0.2, 0.25) is 0 Å². The Balaban J connectivity index is 1.69. The number of esters is 1. The van der Waals surface area contributed by atoms with Crippen LogP contribution in [0.4, 0.5) is 5.82 Å². The zero-order chi connectivity index (χ0) is 13.9. The summed E-state index contributed by atoms with van der Waals surface area (Å²) in [5.74, 6) is 0.804. The van der Waals surface area contributed by atoms with Crippen LogP contribution in [-0.4, -0.2) is 24.1 Å². The topological polar surface area (TPSA) is 51.2 Å². The Labute approximate surface area is 118 Å². The third-order valence-corrected chi connectivity index (χ3v) is 3.92. The number of rotatable bonds is 3. The van der Waals surface area contributed by atoms with Gasteiger partial charge in [0, 0.05) is 11.4 Å². The largest absolute Gasteiger partial charge is 0.469 e. The van der Waals surface area contributed by atoms with Crippen molar-refractivity contribution >= 4 is 22.7 Å². The summed E-state index contributed by atoms with van der Waals surface area (Å²) < 4.78 is 4.81. The molecule has 2 aromatic rings. The highest BCUT2D eigenvalue weighted by Gasteiger charge is 2.30. The number of nitrogens with one attached hydrogen (secondary N) is 1. The van der Waals surface area contributed by atoms with Crippen LogP contribution in [0.1, 0.15) is 19.3 Å².